The first-order valence-corrected chi connectivity index (χ1v) is 8.64. The van der Waals surface area contributed by atoms with Gasteiger partial charge in [-0.15, -0.1) is 11.6 Å². The summed E-state index contributed by atoms with van der Waals surface area (Å²) in [5.74, 6) is 1.84. The Balaban J connectivity index is 2.22. The van der Waals surface area contributed by atoms with Gasteiger partial charge in [-0.25, -0.2) is 0 Å². The minimum atomic E-state index is 0.435. The van der Waals surface area contributed by atoms with E-state index in [2.05, 4.69) is 31.9 Å². The van der Waals surface area contributed by atoms with E-state index in [4.69, 9.17) is 21.1 Å². The van der Waals surface area contributed by atoms with E-state index in [1.165, 1.54) is 0 Å². The van der Waals surface area contributed by atoms with Crippen molar-refractivity contribution >= 4 is 43.5 Å². The van der Waals surface area contributed by atoms with Gasteiger partial charge in [0.2, 0.25) is 0 Å². The Labute approximate surface area is 146 Å². The summed E-state index contributed by atoms with van der Waals surface area (Å²) >= 11 is 12.9. The van der Waals surface area contributed by atoms with E-state index in [0.29, 0.717) is 30.6 Å². The first-order valence-electron chi connectivity index (χ1n) is 6.52. The van der Waals surface area contributed by atoms with Gasteiger partial charge in [0.25, 0.3) is 0 Å². The van der Waals surface area contributed by atoms with Gasteiger partial charge in [-0.05, 0) is 58.2 Å². The lowest BCUT2D eigenvalue weighted by molar-refractivity contribution is 0.267. The molecule has 0 heterocycles. The fourth-order valence-corrected chi connectivity index (χ4v) is 3.09. The first kappa shape index (κ1) is 16.7. The standard InChI is InChI=1S/C16H15Br2ClO2/c1-2-20-15-8-12(9-19)7-14(18)16(15)21-10-11-4-3-5-13(17)6-11/h3-8H,2,9-10H2,1H3. The maximum atomic E-state index is 5.93. The average Bonchev–Trinajstić information content (AvgIpc) is 2.46. The van der Waals surface area contributed by atoms with Crippen molar-refractivity contribution in [3.63, 3.8) is 0 Å². The van der Waals surface area contributed by atoms with E-state index < -0.39 is 0 Å². The van der Waals surface area contributed by atoms with Gasteiger partial charge >= 0.3 is 0 Å². The van der Waals surface area contributed by atoms with Gasteiger partial charge in [0, 0.05) is 10.4 Å². The molecule has 0 N–H and O–H groups in total. The molecule has 0 unspecified atom stereocenters. The van der Waals surface area contributed by atoms with Crippen LogP contribution >= 0.6 is 43.5 Å². The highest BCUT2D eigenvalue weighted by molar-refractivity contribution is 9.10. The van der Waals surface area contributed by atoms with E-state index in [-0.39, 0.29) is 0 Å². The molecule has 0 bridgehead atoms. The third-order valence-electron chi connectivity index (χ3n) is 2.80. The zero-order valence-electron chi connectivity index (χ0n) is 11.5. The molecule has 2 aromatic carbocycles. The van der Waals surface area contributed by atoms with Crippen LogP contribution < -0.4 is 9.47 Å². The number of halogens is 3. The molecule has 0 fully saturated rings. The second-order valence-corrected chi connectivity index (χ2v) is 6.43. The Bertz CT molecular complexity index is 617. The molecule has 0 saturated carbocycles. The van der Waals surface area contributed by atoms with Crippen LogP contribution in [0.3, 0.4) is 0 Å². The SMILES string of the molecule is CCOc1cc(CCl)cc(Br)c1OCc1cccc(Br)c1. The highest BCUT2D eigenvalue weighted by Gasteiger charge is 2.12. The van der Waals surface area contributed by atoms with Crippen molar-refractivity contribution in [3.05, 3.63) is 56.5 Å². The Hall–Kier alpha value is -0.710. The predicted octanol–water partition coefficient (Wildman–Crippen LogP) is 5.93. The lowest BCUT2D eigenvalue weighted by Gasteiger charge is -2.15. The smallest absolute Gasteiger partial charge is 0.175 e. The zero-order valence-corrected chi connectivity index (χ0v) is 15.5. The monoisotopic (exact) mass is 432 g/mol. The third kappa shape index (κ3) is 4.63. The highest BCUT2D eigenvalue weighted by Crippen LogP contribution is 2.37. The van der Waals surface area contributed by atoms with Crippen LogP contribution in [0.2, 0.25) is 0 Å². The van der Waals surface area contributed by atoms with Crippen molar-refractivity contribution in [1.82, 2.24) is 0 Å². The summed E-state index contributed by atoms with van der Waals surface area (Å²) < 4.78 is 13.5. The summed E-state index contributed by atoms with van der Waals surface area (Å²) in [6, 6.07) is 11.9. The van der Waals surface area contributed by atoms with Crippen LogP contribution in [0.1, 0.15) is 18.1 Å². The summed E-state index contributed by atoms with van der Waals surface area (Å²) in [7, 11) is 0. The van der Waals surface area contributed by atoms with Crippen LogP contribution in [0.15, 0.2) is 45.3 Å². The fraction of sp³-hybridized carbons (Fsp3) is 0.250. The van der Waals surface area contributed by atoms with Crippen molar-refractivity contribution in [2.75, 3.05) is 6.61 Å². The highest BCUT2D eigenvalue weighted by atomic mass is 79.9. The zero-order chi connectivity index (χ0) is 15.2. The molecule has 0 aliphatic rings. The number of hydrogen-bond acceptors (Lipinski definition) is 2. The summed E-state index contributed by atoms with van der Waals surface area (Å²) in [6.45, 7) is 2.99. The van der Waals surface area contributed by atoms with Crippen molar-refractivity contribution in [1.29, 1.82) is 0 Å². The number of alkyl halides is 1. The van der Waals surface area contributed by atoms with Gasteiger partial charge in [-0.1, -0.05) is 28.1 Å². The number of benzene rings is 2. The van der Waals surface area contributed by atoms with Crippen molar-refractivity contribution in [2.24, 2.45) is 0 Å². The molecule has 21 heavy (non-hydrogen) atoms. The summed E-state index contributed by atoms with van der Waals surface area (Å²) in [4.78, 5) is 0. The Morgan fingerprint density at radius 3 is 2.52 bits per heavy atom. The van der Waals surface area contributed by atoms with E-state index in [1.807, 2.05) is 43.3 Å². The molecule has 0 aliphatic heterocycles. The van der Waals surface area contributed by atoms with Crippen LogP contribution in [0.4, 0.5) is 0 Å². The first-order chi connectivity index (χ1) is 10.1. The number of ether oxygens (including phenoxy) is 2. The lowest BCUT2D eigenvalue weighted by atomic mass is 10.2. The Morgan fingerprint density at radius 1 is 1.05 bits per heavy atom. The van der Waals surface area contributed by atoms with Gasteiger partial charge in [-0.2, -0.15) is 0 Å². The van der Waals surface area contributed by atoms with Crippen molar-refractivity contribution < 1.29 is 9.47 Å². The minimum Gasteiger partial charge on any atom is -0.490 e. The molecule has 2 nitrogen and oxygen atoms in total. The topological polar surface area (TPSA) is 18.5 Å². The normalized spacial score (nSPS) is 10.5. The molecule has 2 rings (SSSR count). The third-order valence-corrected chi connectivity index (χ3v) is 4.19. The molecule has 0 saturated heterocycles. The minimum absolute atomic E-state index is 0.435. The molecule has 0 atom stereocenters. The number of hydrogen-bond donors (Lipinski definition) is 0. The molecule has 0 aromatic heterocycles. The molecule has 0 spiro atoms. The van der Waals surface area contributed by atoms with Crippen LogP contribution in [0, 0.1) is 0 Å². The summed E-state index contributed by atoms with van der Waals surface area (Å²) in [5, 5.41) is 0. The predicted molar refractivity (Wildman–Crippen MR) is 93.3 cm³/mol. The molecular weight excluding hydrogens is 419 g/mol. The lowest BCUT2D eigenvalue weighted by Crippen LogP contribution is -2.01. The summed E-state index contributed by atoms with van der Waals surface area (Å²) in [6.07, 6.45) is 0. The van der Waals surface area contributed by atoms with Crippen LogP contribution in [0.25, 0.3) is 0 Å². The molecule has 0 radical (unpaired) electrons. The fourth-order valence-electron chi connectivity index (χ4n) is 1.88. The van der Waals surface area contributed by atoms with E-state index in [9.17, 15) is 0 Å². The van der Waals surface area contributed by atoms with E-state index >= 15 is 0 Å². The maximum absolute atomic E-state index is 5.93. The molecule has 2 aromatic rings. The van der Waals surface area contributed by atoms with Crippen molar-refractivity contribution in [3.8, 4) is 11.5 Å². The molecule has 0 amide bonds. The number of rotatable bonds is 6. The largest absolute Gasteiger partial charge is 0.490 e. The second-order valence-electron chi connectivity index (χ2n) is 4.39. The molecule has 0 aliphatic carbocycles. The van der Waals surface area contributed by atoms with Crippen LogP contribution in [-0.2, 0) is 12.5 Å². The van der Waals surface area contributed by atoms with E-state index in [1.54, 1.807) is 0 Å². The van der Waals surface area contributed by atoms with E-state index in [0.717, 1.165) is 20.1 Å². The average molecular weight is 435 g/mol. The molecule has 112 valence electrons. The molecular formula is C16H15Br2ClO2. The van der Waals surface area contributed by atoms with Gasteiger partial charge < -0.3 is 9.47 Å². The Morgan fingerprint density at radius 2 is 1.86 bits per heavy atom. The van der Waals surface area contributed by atoms with Gasteiger partial charge in [-0.3, -0.25) is 0 Å². The van der Waals surface area contributed by atoms with Crippen molar-refractivity contribution in [2.45, 2.75) is 19.4 Å². The maximum Gasteiger partial charge on any atom is 0.175 e. The van der Waals surface area contributed by atoms with Crippen LogP contribution in [0.5, 0.6) is 11.5 Å². The second kappa shape index (κ2) is 8.06. The summed E-state index contributed by atoms with van der Waals surface area (Å²) in [5.41, 5.74) is 2.07. The van der Waals surface area contributed by atoms with Gasteiger partial charge in [0.05, 0.1) is 11.1 Å². The van der Waals surface area contributed by atoms with Gasteiger partial charge in [0.1, 0.15) is 6.61 Å². The Kier molecular flexibility index (Phi) is 6.40. The molecule has 5 heteroatoms. The quantitative estimate of drug-likeness (QED) is 0.525. The van der Waals surface area contributed by atoms with Gasteiger partial charge in [0.15, 0.2) is 11.5 Å². The van der Waals surface area contributed by atoms with Crippen LogP contribution in [-0.4, -0.2) is 6.61 Å².